The first-order valence-electron chi connectivity index (χ1n) is 10.2. The van der Waals surface area contributed by atoms with E-state index >= 15 is 0 Å². The van der Waals surface area contributed by atoms with E-state index in [-0.39, 0.29) is 0 Å². The predicted octanol–water partition coefficient (Wildman–Crippen LogP) is 6.43. The van der Waals surface area contributed by atoms with Crippen LogP contribution in [0.5, 0.6) is 0 Å². The van der Waals surface area contributed by atoms with Crippen molar-refractivity contribution in [3.05, 3.63) is 42.0 Å². The van der Waals surface area contributed by atoms with Crippen LogP contribution in [0.2, 0.25) is 0 Å². The smallest absolute Gasteiger partial charge is 0.248 e. The van der Waals surface area contributed by atoms with E-state index in [1.807, 2.05) is 12.1 Å². The van der Waals surface area contributed by atoms with Gasteiger partial charge in [0.2, 0.25) is 5.91 Å². The fourth-order valence-electron chi connectivity index (χ4n) is 3.18. The average molecular weight is 344 g/mol. The van der Waals surface area contributed by atoms with Crippen LogP contribution in [0.1, 0.15) is 95.1 Å². The first-order valence-corrected chi connectivity index (χ1v) is 10.2. The SMILES string of the molecule is C=C(C(N)=O)c1ccc(CCCCCCCCCCCCCC)cc1. The van der Waals surface area contributed by atoms with Gasteiger partial charge in [-0.2, -0.15) is 0 Å². The summed E-state index contributed by atoms with van der Waals surface area (Å²) in [6.07, 6.45) is 17.7. The Morgan fingerprint density at radius 1 is 0.800 bits per heavy atom. The molecule has 0 saturated carbocycles. The first-order chi connectivity index (χ1) is 12.1. The molecule has 1 aromatic rings. The van der Waals surface area contributed by atoms with Crippen LogP contribution in [-0.2, 0) is 11.2 Å². The van der Waals surface area contributed by atoms with E-state index < -0.39 is 5.91 Å². The van der Waals surface area contributed by atoms with Gasteiger partial charge in [-0.3, -0.25) is 4.79 Å². The second-order valence-corrected chi connectivity index (χ2v) is 7.18. The molecule has 0 aromatic heterocycles. The van der Waals surface area contributed by atoms with Crippen LogP contribution in [0.4, 0.5) is 0 Å². The predicted molar refractivity (Wildman–Crippen MR) is 109 cm³/mol. The average Bonchev–Trinajstić information content (AvgIpc) is 2.62. The molecule has 0 bridgehead atoms. The van der Waals surface area contributed by atoms with Crippen LogP contribution in [0.15, 0.2) is 30.8 Å². The minimum atomic E-state index is -0.450. The lowest BCUT2D eigenvalue weighted by Gasteiger charge is -2.05. The normalized spacial score (nSPS) is 10.8. The molecule has 0 aliphatic carbocycles. The van der Waals surface area contributed by atoms with Gasteiger partial charge < -0.3 is 5.73 Å². The standard InChI is InChI=1S/C23H37NO/c1-3-4-5-6-7-8-9-10-11-12-13-14-15-21-16-18-22(19-17-21)20(2)23(24)25/h16-19H,2-15H2,1H3,(H2,24,25). The van der Waals surface area contributed by atoms with E-state index in [9.17, 15) is 4.79 Å². The van der Waals surface area contributed by atoms with E-state index in [1.54, 1.807) is 0 Å². The van der Waals surface area contributed by atoms with E-state index in [0.29, 0.717) is 5.57 Å². The highest BCUT2D eigenvalue weighted by Crippen LogP contribution is 2.16. The molecule has 0 heterocycles. The van der Waals surface area contributed by atoms with Crippen LogP contribution < -0.4 is 5.73 Å². The molecule has 0 saturated heterocycles. The lowest BCUT2D eigenvalue weighted by Crippen LogP contribution is -2.11. The molecule has 0 fully saturated rings. The number of hydrogen-bond acceptors (Lipinski definition) is 1. The summed E-state index contributed by atoms with van der Waals surface area (Å²) in [5.41, 5.74) is 7.79. The van der Waals surface area contributed by atoms with Gasteiger partial charge in [0.25, 0.3) is 0 Å². The maximum absolute atomic E-state index is 11.1. The summed E-state index contributed by atoms with van der Waals surface area (Å²) in [6, 6.07) is 8.07. The van der Waals surface area contributed by atoms with Crippen LogP contribution >= 0.6 is 0 Å². The third-order valence-electron chi connectivity index (χ3n) is 4.92. The second kappa shape index (κ2) is 13.7. The van der Waals surface area contributed by atoms with Crippen molar-refractivity contribution in [1.82, 2.24) is 0 Å². The number of carbonyl (C=O) groups excluding carboxylic acids is 1. The number of primary amides is 1. The molecule has 0 spiro atoms. The number of nitrogens with two attached hydrogens (primary N) is 1. The minimum Gasteiger partial charge on any atom is -0.366 e. The Morgan fingerprint density at radius 2 is 1.24 bits per heavy atom. The highest BCUT2D eigenvalue weighted by molar-refractivity contribution is 6.17. The second-order valence-electron chi connectivity index (χ2n) is 7.18. The van der Waals surface area contributed by atoms with Crippen molar-refractivity contribution in [1.29, 1.82) is 0 Å². The summed E-state index contributed by atoms with van der Waals surface area (Å²) in [7, 11) is 0. The number of unbranched alkanes of at least 4 members (excludes halogenated alkanes) is 11. The van der Waals surface area contributed by atoms with E-state index in [1.165, 1.54) is 82.6 Å². The largest absolute Gasteiger partial charge is 0.366 e. The Morgan fingerprint density at radius 3 is 1.68 bits per heavy atom. The van der Waals surface area contributed by atoms with Gasteiger partial charge in [0.05, 0.1) is 0 Å². The molecule has 0 aliphatic rings. The van der Waals surface area contributed by atoms with Gasteiger partial charge in [0.1, 0.15) is 0 Å². The van der Waals surface area contributed by atoms with Crippen molar-refractivity contribution in [2.75, 3.05) is 0 Å². The van der Waals surface area contributed by atoms with Crippen LogP contribution in [0, 0.1) is 0 Å². The molecule has 1 amide bonds. The topological polar surface area (TPSA) is 43.1 Å². The first kappa shape index (κ1) is 21.5. The van der Waals surface area contributed by atoms with Crippen molar-refractivity contribution in [3.8, 4) is 0 Å². The molecule has 1 aromatic carbocycles. The highest BCUT2D eigenvalue weighted by atomic mass is 16.1. The zero-order chi connectivity index (χ0) is 18.3. The van der Waals surface area contributed by atoms with Gasteiger partial charge in [-0.05, 0) is 24.0 Å². The molecule has 1 rings (SSSR count). The number of benzene rings is 1. The van der Waals surface area contributed by atoms with Crippen LogP contribution in [-0.4, -0.2) is 5.91 Å². The lowest BCUT2D eigenvalue weighted by molar-refractivity contribution is -0.112. The van der Waals surface area contributed by atoms with E-state index in [2.05, 4.69) is 25.6 Å². The number of hydrogen-bond donors (Lipinski definition) is 1. The minimum absolute atomic E-state index is 0.386. The Labute approximate surface area is 154 Å². The molecular weight excluding hydrogens is 306 g/mol. The molecule has 0 unspecified atom stereocenters. The third kappa shape index (κ3) is 10.1. The monoisotopic (exact) mass is 343 g/mol. The maximum atomic E-state index is 11.1. The van der Waals surface area contributed by atoms with Crippen LogP contribution in [0.25, 0.3) is 5.57 Å². The third-order valence-corrected chi connectivity index (χ3v) is 4.92. The molecule has 2 heteroatoms. The Kier molecular flexibility index (Phi) is 11.8. The van der Waals surface area contributed by atoms with E-state index in [4.69, 9.17) is 5.73 Å². The Bertz CT molecular complexity index is 489. The number of aryl methyl sites for hydroxylation is 1. The maximum Gasteiger partial charge on any atom is 0.248 e. The zero-order valence-electron chi connectivity index (χ0n) is 16.2. The molecule has 0 atom stereocenters. The van der Waals surface area contributed by atoms with Crippen molar-refractivity contribution < 1.29 is 4.79 Å². The van der Waals surface area contributed by atoms with Gasteiger partial charge in [-0.1, -0.05) is 108 Å². The number of carbonyl (C=O) groups is 1. The molecule has 0 aliphatic heterocycles. The van der Waals surface area contributed by atoms with Crippen molar-refractivity contribution in [2.24, 2.45) is 5.73 Å². The zero-order valence-corrected chi connectivity index (χ0v) is 16.2. The van der Waals surface area contributed by atoms with Crippen LogP contribution in [0.3, 0.4) is 0 Å². The number of amides is 1. The summed E-state index contributed by atoms with van der Waals surface area (Å²) in [4.78, 5) is 11.1. The van der Waals surface area contributed by atoms with Crippen molar-refractivity contribution in [3.63, 3.8) is 0 Å². The van der Waals surface area contributed by atoms with Gasteiger partial charge in [0, 0.05) is 5.57 Å². The van der Waals surface area contributed by atoms with Crippen molar-refractivity contribution >= 4 is 11.5 Å². The lowest BCUT2D eigenvalue weighted by atomic mass is 10.0. The van der Waals surface area contributed by atoms with Gasteiger partial charge in [-0.25, -0.2) is 0 Å². The van der Waals surface area contributed by atoms with Gasteiger partial charge >= 0.3 is 0 Å². The van der Waals surface area contributed by atoms with Gasteiger partial charge in [0.15, 0.2) is 0 Å². The van der Waals surface area contributed by atoms with Gasteiger partial charge in [-0.15, -0.1) is 0 Å². The summed E-state index contributed by atoms with van der Waals surface area (Å²) in [5.74, 6) is -0.450. The van der Waals surface area contributed by atoms with E-state index in [0.717, 1.165) is 12.0 Å². The Balaban J connectivity index is 1.99. The molecule has 0 radical (unpaired) electrons. The fraction of sp³-hybridized carbons (Fsp3) is 0.609. The quantitative estimate of drug-likeness (QED) is 0.289. The summed E-state index contributed by atoms with van der Waals surface area (Å²) in [5, 5.41) is 0. The summed E-state index contributed by atoms with van der Waals surface area (Å²) >= 11 is 0. The Hall–Kier alpha value is -1.57. The van der Waals surface area contributed by atoms with Crippen molar-refractivity contribution in [2.45, 2.75) is 90.4 Å². The molecular formula is C23H37NO. The summed E-state index contributed by atoms with van der Waals surface area (Å²) < 4.78 is 0. The highest BCUT2D eigenvalue weighted by Gasteiger charge is 2.04. The molecule has 140 valence electrons. The number of rotatable bonds is 15. The summed E-state index contributed by atoms with van der Waals surface area (Å²) in [6.45, 7) is 5.99. The fourth-order valence-corrected chi connectivity index (χ4v) is 3.18. The molecule has 25 heavy (non-hydrogen) atoms. The molecule has 2 nitrogen and oxygen atoms in total. The molecule has 2 N–H and O–H groups in total.